The van der Waals surface area contributed by atoms with Crippen LogP contribution in [0.1, 0.15) is 77.6 Å². The summed E-state index contributed by atoms with van der Waals surface area (Å²) in [6, 6.07) is 0. The molecule has 0 radical (unpaired) electrons. The van der Waals surface area contributed by atoms with Crippen molar-refractivity contribution in [2.45, 2.75) is 77.6 Å². The second-order valence-electron chi connectivity index (χ2n) is 5.32. The second-order valence-corrected chi connectivity index (χ2v) is 5.32. The van der Waals surface area contributed by atoms with Crippen LogP contribution in [0.4, 0.5) is 0 Å². The van der Waals surface area contributed by atoms with Gasteiger partial charge in [-0.05, 0) is 6.42 Å². The van der Waals surface area contributed by atoms with Crippen molar-refractivity contribution in [2.75, 3.05) is 0 Å². The molecule has 18 heavy (non-hydrogen) atoms. The first-order valence-corrected chi connectivity index (χ1v) is 7.89. The molecule has 0 aromatic carbocycles. The van der Waals surface area contributed by atoms with Crippen molar-refractivity contribution in [2.24, 2.45) is 0 Å². The van der Waals surface area contributed by atoms with Gasteiger partial charge in [-0.25, -0.2) is 0 Å². The quantitative estimate of drug-likeness (QED) is 0.302. The minimum Gasteiger partial charge on any atom is -0.0654 e. The summed E-state index contributed by atoms with van der Waals surface area (Å²) in [5.74, 6) is 0. The highest BCUT2D eigenvalue weighted by atomic mass is 14.0. The summed E-state index contributed by atoms with van der Waals surface area (Å²) in [6.07, 6.45) is 27.0. The summed E-state index contributed by atoms with van der Waals surface area (Å²) in [6.45, 7) is 2.28. The highest BCUT2D eigenvalue weighted by Crippen LogP contribution is 2.15. The molecule has 1 aliphatic rings. The van der Waals surface area contributed by atoms with Crippen LogP contribution in [0.2, 0.25) is 0 Å². The maximum Gasteiger partial charge on any atom is 0.116 e. The molecule has 0 heterocycles. The SMILES string of the molecule is CCCCCCCCCCCCC1=CC=CC=[C+]1. The van der Waals surface area contributed by atoms with Gasteiger partial charge >= 0.3 is 0 Å². The van der Waals surface area contributed by atoms with E-state index < -0.39 is 0 Å². The lowest BCUT2D eigenvalue weighted by molar-refractivity contribution is 0.556. The lowest BCUT2D eigenvalue weighted by atomic mass is 10.0. The Morgan fingerprint density at radius 1 is 0.778 bits per heavy atom. The third-order valence-corrected chi connectivity index (χ3v) is 3.57. The number of hydrogen-bond acceptors (Lipinski definition) is 0. The fourth-order valence-corrected chi connectivity index (χ4v) is 2.39. The van der Waals surface area contributed by atoms with Gasteiger partial charge in [0.05, 0.1) is 6.08 Å². The fourth-order valence-electron chi connectivity index (χ4n) is 2.39. The van der Waals surface area contributed by atoms with Crippen molar-refractivity contribution in [3.8, 4) is 0 Å². The molecule has 0 nitrogen and oxygen atoms in total. The average Bonchev–Trinajstić information content (AvgIpc) is 2.42. The molecule has 0 saturated heterocycles. The summed E-state index contributed by atoms with van der Waals surface area (Å²) in [5, 5.41) is 0. The van der Waals surface area contributed by atoms with E-state index in [9.17, 15) is 0 Å². The van der Waals surface area contributed by atoms with E-state index in [0.717, 1.165) is 0 Å². The van der Waals surface area contributed by atoms with Gasteiger partial charge in [-0.2, -0.15) is 0 Å². The van der Waals surface area contributed by atoms with Gasteiger partial charge in [-0.3, -0.25) is 0 Å². The Hall–Kier alpha value is -0.870. The summed E-state index contributed by atoms with van der Waals surface area (Å²) < 4.78 is 0. The van der Waals surface area contributed by atoms with Crippen LogP contribution in [-0.2, 0) is 0 Å². The van der Waals surface area contributed by atoms with Gasteiger partial charge in [0.15, 0.2) is 0 Å². The van der Waals surface area contributed by atoms with E-state index in [1.165, 1.54) is 76.2 Å². The van der Waals surface area contributed by atoms with Crippen molar-refractivity contribution >= 4 is 0 Å². The van der Waals surface area contributed by atoms with Crippen molar-refractivity contribution in [3.63, 3.8) is 0 Å². The molecule has 0 aromatic rings. The Labute approximate surface area is 114 Å². The molecular formula is C18H29+. The van der Waals surface area contributed by atoms with E-state index in [-0.39, 0.29) is 0 Å². The molecule has 0 saturated carbocycles. The first kappa shape index (κ1) is 15.2. The third kappa shape index (κ3) is 8.25. The predicted molar refractivity (Wildman–Crippen MR) is 81.5 cm³/mol. The summed E-state index contributed by atoms with van der Waals surface area (Å²) in [5.41, 5.74) is 1.37. The monoisotopic (exact) mass is 245 g/mol. The smallest absolute Gasteiger partial charge is 0.0654 e. The van der Waals surface area contributed by atoms with Crippen LogP contribution < -0.4 is 0 Å². The molecule has 0 fully saturated rings. The zero-order valence-corrected chi connectivity index (χ0v) is 12.1. The van der Waals surface area contributed by atoms with E-state index in [2.05, 4.69) is 25.2 Å². The zero-order valence-electron chi connectivity index (χ0n) is 12.1. The topological polar surface area (TPSA) is 0 Å². The van der Waals surface area contributed by atoms with E-state index >= 15 is 0 Å². The van der Waals surface area contributed by atoms with Crippen LogP contribution in [0.25, 0.3) is 0 Å². The molecule has 1 aliphatic carbocycles. The molecule has 0 unspecified atom stereocenters. The Morgan fingerprint density at radius 2 is 1.39 bits per heavy atom. The number of rotatable bonds is 11. The molecule has 0 aliphatic heterocycles. The van der Waals surface area contributed by atoms with E-state index in [4.69, 9.17) is 0 Å². The largest absolute Gasteiger partial charge is 0.116 e. The van der Waals surface area contributed by atoms with Crippen molar-refractivity contribution in [1.29, 1.82) is 0 Å². The van der Waals surface area contributed by atoms with Crippen LogP contribution in [0.5, 0.6) is 0 Å². The van der Waals surface area contributed by atoms with Crippen LogP contribution in [0.15, 0.2) is 29.9 Å². The van der Waals surface area contributed by atoms with Crippen molar-refractivity contribution in [3.05, 3.63) is 36.0 Å². The Kier molecular flexibility index (Phi) is 9.48. The molecule has 0 heteroatoms. The number of unbranched alkanes of at least 4 members (excludes halogenated alkanes) is 9. The van der Waals surface area contributed by atoms with Gasteiger partial charge in [0.25, 0.3) is 0 Å². The highest BCUT2D eigenvalue weighted by molar-refractivity contribution is 5.27. The van der Waals surface area contributed by atoms with E-state index in [1.807, 2.05) is 12.2 Å². The van der Waals surface area contributed by atoms with Gasteiger partial charge in [0.2, 0.25) is 0 Å². The Balaban J connectivity index is 1.80. The molecule has 100 valence electrons. The van der Waals surface area contributed by atoms with Gasteiger partial charge in [-0.15, -0.1) is 0 Å². The summed E-state index contributed by atoms with van der Waals surface area (Å²) >= 11 is 0. The maximum absolute atomic E-state index is 3.30. The van der Waals surface area contributed by atoms with E-state index in [0.29, 0.717) is 0 Å². The van der Waals surface area contributed by atoms with Gasteiger partial charge < -0.3 is 0 Å². The second kappa shape index (κ2) is 11.2. The van der Waals surface area contributed by atoms with Crippen LogP contribution in [-0.4, -0.2) is 0 Å². The van der Waals surface area contributed by atoms with Crippen LogP contribution >= 0.6 is 0 Å². The lowest BCUT2D eigenvalue weighted by Crippen LogP contribution is -1.85. The maximum atomic E-state index is 3.30. The van der Waals surface area contributed by atoms with Crippen LogP contribution in [0.3, 0.4) is 0 Å². The van der Waals surface area contributed by atoms with Crippen molar-refractivity contribution in [1.82, 2.24) is 0 Å². The highest BCUT2D eigenvalue weighted by Gasteiger charge is 2.02. The number of hydrogen-bond donors (Lipinski definition) is 0. The minimum atomic E-state index is 1.21. The average molecular weight is 245 g/mol. The first-order valence-electron chi connectivity index (χ1n) is 7.89. The predicted octanol–water partition coefficient (Wildman–Crippen LogP) is 6.15. The standard InChI is InChI=1S/C18H29/c1-2-3-4-5-6-7-8-9-10-12-15-18-16-13-11-14-17-18/h11,13-14,16H,2-10,12,15H2,1H3/q+1. The molecule has 0 N–H and O–H groups in total. The first-order chi connectivity index (χ1) is 8.93. The zero-order chi connectivity index (χ0) is 12.9. The summed E-state index contributed by atoms with van der Waals surface area (Å²) in [4.78, 5) is 0. The fraction of sp³-hybridized carbons (Fsp3) is 0.667. The van der Waals surface area contributed by atoms with Gasteiger partial charge in [0.1, 0.15) is 11.6 Å². The van der Waals surface area contributed by atoms with Gasteiger partial charge in [0, 0.05) is 24.6 Å². The third-order valence-electron chi connectivity index (χ3n) is 3.57. The Morgan fingerprint density at radius 3 is 1.94 bits per heavy atom. The molecule has 0 bridgehead atoms. The van der Waals surface area contributed by atoms with E-state index in [1.54, 1.807) is 0 Å². The van der Waals surface area contributed by atoms with Crippen molar-refractivity contribution < 1.29 is 0 Å². The molecular weight excluding hydrogens is 216 g/mol. The molecule has 0 aromatic heterocycles. The molecule has 0 amide bonds. The lowest BCUT2D eigenvalue weighted by Gasteiger charge is -2.01. The molecule has 0 spiro atoms. The normalized spacial score (nSPS) is 13.5. The van der Waals surface area contributed by atoms with Gasteiger partial charge in [-0.1, -0.05) is 64.7 Å². The summed E-state index contributed by atoms with van der Waals surface area (Å²) in [7, 11) is 0. The number of allylic oxidation sites excluding steroid dienone is 6. The molecule has 1 rings (SSSR count). The Bertz CT molecular complexity index is 268. The molecule has 0 atom stereocenters. The van der Waals surface area contributed by atoms with Crippen LogP contribution in [0, 0.1) is 6.08 Å². The minimum absolute atomic E-state index is 1.21.